The van der Waals surface area contributed by atoms with Crippen LogP contribution in [0.5, 0.6) is 0 Å². The Morgan fingerprint density at radius 2 is 0.621 bits per heavy atom. The average molecular weight is 524 g/mol. The van der Waals surface area contributed by atoms with Gasteiger partial charge in [0.2, 0.25) is 0 Å². The Hall–Kier alpha value is 0.434. The Morgan fingerprint density at radius 1 is 0.517 bits per heavy atom. The minimum absolute atomic E-state index is 0. The molecule has 0 aliphatic rings. The molecule has 0 aromatic carbocycles. The normalized spacial score (nSPS) is 17.4. The SMILES string of the molecule is C=CP(=O)([O-])CC.C=CP(=O)([O-])CC.C=CP(=O)([O-])CC.C=CP(=O)([O-])CC.[Ti+4]. The van der Waals surface area contributed by atoms with Gasteiger partial charge >= 0.3 is 21.7 Å². The van der Waals surface area contributed by atoms with Gasteiger partial charge in [-0.05, 0) is 47.9 Å². The van der Waals surface area contributed by atoms with Crippen molar-refractivity contribution in [2.75, 3.05) is 24.6 Å². The van der Waals surface area contributed by atoms with E-state index < -0.39 is 29.5 Å². The van der Waals surface area contributed by atoms with E-state index >= 15 is 0 Å². The average Bonchev–Trinajstić information content (AvgIpc) is 2.69. The van der Waals surface area contributed by atoms with Gasteiger partial charge in [0, 0.05) is 29.5 Å². The summed E-state index contributed by atoms with van der Waals surface area (Å²) in [5, 5.41) is 0. The largest absolute Gasteiger partial charge is 4.00 e. The molecule has 0 aliphatic carbocycles. The standard InChI is InChI=1S/4C4H9O2P.Ti/c4*1-3-7(5,6)4-2;/h4*3H,1,4H2,2H3,(H,5,6);/q;;;;+4/p-4. The van der Waals surface area contributed by atoms with E-state index in [1.165, 1.54) is 0 Å². The molecule has 0 aromatic heterocycles. The third-order valence-electron chi connectivity index (χ3n) is 2.88. The van der Waals surface area contributed by atoms with E-state index in [0.717, 1.165) is 23.3 Å². The second-order valence-electron chi connectivity index (χ2n) is 4.90. The summed E-state index contributed by atoms with van der Waals surface area (Å²) in [6.07, 6.45) is 0.708. The maximum absolute atomic E-state index is 10.3. The summed E-state index contributed by atoms with van der Waals surface area (Å²) >= 11 is 0. The maximum Gasteiger partial charge on any atom is 4.00 e. The van der Waals surface area contributed by atoms with E-state index in [4.69, 9.17) is 0 Å². The molecule has 8 nitrogen and oxygen atoms in total. The molecule has 0 aromatic rings. The van der Waals surface area contributed by atoms with Crippen LogP contribution in [-0.2, 0) is 40.0 Å². The molecule has 0 radical (unpaired) electrons. The van der Waals surface area contributed by atoms with Crippen LogP contribution in [0, 0.1) is 0 Å². The third-order valence-corrected chi connectivity index (χ3v) is 8.63. The van der Waals surface area contributed by atoms with E-state index in [0.29, 0.717) is 0 Å². The smallest absolute Gasteiger partial charge is 0.796 e. The van der Waals surface area contributed by atoms with Crippen LogP contribution < -0.4 is 19.6 Å². The molecule has 0 rings (SSSR count). The summed E-state index contributed by atoms with van der Waals surface area (Å²) in [7, 11) is -12.6. The molecule has 0 bridgehead atoms. The topological polar surface area (TPSA) is 161 Å². The van der Waals surface area contributed by atoms with Crippen molar-refractivity contribution < 1.29 is 59.6 Å². The minimum atomic E-state index is -3.14. The first-order valence-corrected chi connectivity index (χ1v) is 15.7. The van der Waals surface area contributed by atoms with Crippen molar-refractivity contribution in [1.82, 2.24) is 0 Å². The van der Waals surface area contributed by atoms with Crippen LogP contribution in [0.3, 0.4) is 0 Å². The molecule has 4 atom stereocenters. The molecule has 29 heavy (non-hydrogen) atoms. The van der Waals surface area contributed by atoms with Crippen molar-refractivity contribution in [2.45, 2.75) is 27.7 Å². The number of hydrogen-bond donors (Lipinski definition) is 0. The molecule has 0 heterocycles. The summed E-state index contributed by atoms with van der Waals surface area (Å²) < 4.78 is 41.1. The Morgan fingerprint density at radius 3 is 0.621 bits per heavy atom. The molecule has 4 unspecified atom stereocenters. The Kier molecular flexibility index (Phi) is 28.0. The summed E-state index contributed by atoms with van der Waals surface area (Å²) in [4.78, 5) is 41.1. The molecule has 0 amide bonds. The molecule has 0 aliphatic heterocycles. The Labute approximate surface area is 190 Å². The van der Waals surface area contributed by atoms with Crippen molar-refractivity contribution >= 4 is 29.5 Å². The molecule has 0 saturated heterocycles. The first-order valence-electron chi connectivity index (χ1n) is 8.22. The van der Waals surface area contributed by atoms with Crippen LogP contribution in [-0.4, -0.2) is 24.6 Å². The van der Waals surface area contributed by atoms with Gasteiger partial charge in [-0.3, -0.25) is 0 Å². The quantitative estimate of drug-likeness (QED) is 0.346. The zero-order chi connectivity index (χ0) is 23.7. The minimum Gasteiger partial charge on any atom is -0.796 e. The maximum atomic E-state index is 10.3. The first-order chi connectivity index (χ1) is 12.5. The molecular formula is C16H32O8P4Ti. The van der Waals surface area contributed by atoms with Gasteiger partial charge in [0.05, 0.1) is 0 Å². The van der Waals surface area contributed by atoms with Crippen molar-refractivity contribution in [2.24, 2.45) is 0 Å². The predicted octanol–water partition coefficient (Wildman–Crippen LogP) is 3.15. The fraction of sp³-hybridized carbons (Fsp3) is 0.500. The van der Waals surface area contributed by atoms with Gasteiger partial charge in [-0.2, -0.15) is 0 Å². The van der Waals surface area contributed by atoms with Crippen LogP contribution in [0.15, 0.2) is 49.6 Å². The number of hydrogen-bond acceptors (Lipinski definition) is 8. The van der Waals surface area contributed by atoms with Crippen LogP contribution in [0.4, 0.5) is 0 Å². The van der Waals surface area contributed by atoms with Crippen LogP contribution in [0.1, 0.15) is 27.7 Å². The van der Waals surface area contributed by atoms with E-state index in [1.54, 1.807) is 27.7 Å². The van der Waals surface area contributed by atoms with E-state index in [1.807, 2.05) is 0 Å². The predicted molar refractivity (Wildman–Crippen MR) is 113 cm³/mol. The Bertz CT molecular complexity index is 551. The monoisotopic (exact) mass is 524 g/mol. The molecule has 0 spiro atoms. The van der Waals surface area contributed by atoms with Gasteiger partial charge in [-0.15, -0.1) is 0 Å². The number of rotatable bonds is 8. The van der Waals surface area contributed by atoms with Gasteiger partial charge in [0.15, 0.2) is 0 Å². The van der Waals surface area contributed by atoms with E-state index in [9.17, 15) is 37.8 Å². The van der Waals surface area contributed by atoms with E-state index in [2.05, 4.69) is 26.3 Å². The second kappa shape index (κ2) is 20.3. The van der Waals surface area contributed by atoms with Gasteiger partial charge in [0.1, 0.15) is 0 Å². The van der Waals surface area contributed by atoms with Crippen molar-refractivity contribution in [3.05, 3.63) is 49.6 Å². The molecule has 168 valence electrons. The van der Waals surface area contributed by atoms with Crippen LogP contribution >= 0.6 is 29.5 Å². The van der Waals surface area contributed by atoms with Crippen molar-refractivity contribution in [3.63, 3.8) is 0 Å². The summed E-state index contributed by atoms with van der Waals surface area (Å²) in [5.41, 5.74) is 0. The summed E-state index contributed by atoms with van der Waals surface area (Å²) in [6, 6.07) is 0. The fourth-order valence-corrected chi connectivity index (χ4v) is 1.55. The molecule has 13 heteroatoms. The van der Waals surface area contributed by atoms with Gasteiger partial charge < -0.3 is 37.8 Å². The third kappa shape index (κ3) is 33.3. The first kappa shape index (κ1) is 39.9. The molecule has 0 saturated carbocycles. The summed E-state index contributed by atoms with van der Waals surface area (Å²) in [5.74, 6) is 3.97. The summed E-state index contributed by atoms with van der Waals surface area (Å²) in [6.45, 7) is 18.9. The van der Waals surface area contributed by atoms with Crippen molar-refractivity contribution in [3.8, 4) is 0 Å². The fourth-order valence-electron chi connectivity index (χ4n) is 0.516. The van der Waals surface area contributed by atoms with Crippen LogP contribution in [0.25, 0.3) is 0 Å². The van der Waals surface area contributed by atoms with Gasteiger partial charge in [-0.25, -0.2) is 0 Å². The zero-order valence-corrected chi connectivity index (χ0v) is 22.7. The van der Waals surface area contributed by atoms with Gasteiger partial charge in [0.25, 0.3) is 0 Å². The van der Waals surface area contributed by atoms with Crippen LogP contribution in [0.2, 0.25) is 0 Å². The molecule has 0 N–H and O–H groups in total. The second-order valence-corrected chi connectivity index (χ2v) is 14.7. The van der Waals surface area contributed by atoms with Gasteiger partial charge in [-0.1, -0.05) is 54.0 Å². The molecular weight excluding hydrogens is 492 g/mol. The molecule has 0 fully saturated rings. The zero-order valence-electron chi connectivity index (χ0n) is 17.5. The van der Waals surface area contributed by atoms with Crippen molar-refractivity contribution in [1.29, 1.82) is 0 Å². The van der Waals surface area contributed by atoms with E-state index in [-0.39, 0.29) is 46.4 Å². The Balaban J connectivity index is -0.0000000873.